The van der Waals surface area contributed by atoms with Crippen LogP contribution in [0.4, 0.5) is 0 Å². The van der Waals surface area contributed by atoms with Gasteiger partial charge in [0.25, 0.3) is 5.56 Å². The summed E-state index contributed by atoms with van der Waals surface area (Å²) in [7, 11) is 0. The Hall–Kier alpha value is -1.73. The lowest BCUT2D eigenvalue weighted by atomic mass is 10.1. The molecule has 0 atom stereocenters. The Bertz CT molecular complexity index is 920. The highest BCUT2D eigenvalue weighted by atomic mass is 127. The Morgan fingerprint density at radius 2 is 1.91 bits per heavy atom. The van der Waals surface area contributed by atoms with Gasteiger partial charge in [-0.1, -0.05) is 23.7 Å². The largest absolute Gasteiger partial charge is 0.292 e. The van der Waals surface area contributed by atoms with E-state index in [1.165, 1.54) is 10.9 Å². The normalized spacial score (nSPS) is 10.8. The maximum atomic E-state index is 12.4. The van der Waals surface area contributed by atoms with Crippen molar-refractivity contribution >= 4 is 50.9 Å². The number of carbonyl (C=O) groups is 1. The number of nitrogens with zero attached hydrogens (tertiary/aromatic N) is 2. The second kappa shape index (κ2) is 6.18. The number of aromatic nitrogens is 2. The first-order valence-corrected chi connectivity index (χ1v) is 7.94. The van der Waals surface area contributed by atoms with Crippen molar-refractivity contribution in [2.24, 2.45) is 0 Å². The molecular weight excluding hydrogens is 415 g/mol. The van der Waals surface area contributed by atoms with Crippen molar-refractivity contribution in [1.29, 1.82) is 0 Å². The molecule has 3 aromatic rings. The topological polar surface area (TPSA) is 52.0 Å². The fourth-order valence-electron chi connectivity index (χ4n) is 2.13. The van der Waals surface area contributed by atoms with Crippen molar-refractivity contribution in [3.8, 4) is 0 Å². The van der Waals surface area contributed by atoms with Crippen LogP contribution in [0.1, 0.15) is 10.4 Å². The van der Waals surface area contributed by atoms with Crippen LogP contribution >= 0.6 is 34.2 Å². The number of hydrogen-bond acceptors (Lipinski definition) is 3. The highest BCUT2D eigenvalue weighted by Crippen LogP contribution is 2.14. The lowest BCUT2D eigenvalue weighted by molar-refractivity contribution is 0.0970. The summed E-state index contributed by atoms with van der Waals surface area (Å²) in [6, 6.07) is 12.1. The van der Waals surface area contributed by atoms with Crippen LogP contribution in [0.2, 0.25) is 5.02 Å². The third kappa shape index (κ3) is 3.05. The smallest absolute Gasteiger partial charge is 0.261 e. The Balaban J connectivity index is 1.95. The van der Waals surface area contributed by atoms with E-state index in [0.717, 1.165) is 3.57 Å². The van der Waals surface area contributed by atoms with Crippen molar-refractivity contribution in [2.45, 2.75) is 6.54 Å². The Morgan fingerprint density at radius 3 is 2.64 bits per heavy atom. The molecule has 110 valence electrons. The van der Waals surface area contributed by atoms with E-state index in [4.69, 9.17) is 11.6 Å². The van der Waals surface area contributed by atoms with E-state index in [1.54, 1.807) is 30.3 Å². The van der Waals surface area contributed by atoms with Gasteiger partial charge in [-0.3, -0.25) is 14.2 Å². The summed E-state index contributed by atoms with van der Waals surface area (Å²) in [6.07, 6.45) is 1.38. The first-order valence-electron chi connectivity index (χ1n) is 6.48. The van der Waals surface area contributed by atoms with Crippen LogP contribution in [0.3, 0.4) is 0 Å². The third-order valence-corrected chi connectivity index (χ3v) is 4.22. The zero-order valence-electron chi connectivity index (χ0n) is 11.3. The zero-order valence-corrected chi connectivity index (χ0v) is 14.2. The second-order valence-electron chi connectivity index (χ2n) is 4.77. The lowest BCUT2D eigenvalue weighted by Gasteiger charge is -2.06. The van der Waals surface area contributed by atoms with Gasteiger partial charge in [0.15, 0.2) is 5.78 Å². The predicted octanol–water partition coefficient (Wildman–Crippen LogP) is 3.54. The molecule has 1 aromatic heterocycles. The number of hydrogen-bond donors (Lipinski definition) is 0. The molecule has 0 aliphatic carbocycles. The van der Waals surface area contributed by atoms with E-state index in [2.05, 4.69) is 27.6 Å². The van der Waals surface area contributed by atoms with Gasteiger partial charge in [0.05, 0.1) is 23.8 Å². The zero-order chi connectivity index (χ0) is 15.7. The van der Waals surface area contributed by atoms with Crippen LogP contribution in [0.15, 0.2) is 53.6 Å². The van der Waals surface area contributed by atoms with Crippen LogP contribution < -0.4 is 5.56 Å². The number of fused-ring (bicyclic) bond motifs is 1. The molecular formula is C16H10ClIN2O2. The van der Waals surface area contributed by atoms with Crippen molar-refractivity contribution in [1.82, 2.24) is 9.55 Å². The van der Waals surface area contributed by atoms with Gasteiger partial charge in [-0.15, -0.1) is 0 Å². The molecule has 0 fully saturated rings. The molecule has 0 aliphatic heterocycles. The molecule has 4 nitrogen and oxygen atoms in total. The second-order valence-corrected chi connectivity index (χ2v) is 6.45. The molecule has 0 bridgehead atoms. The van der Waals surface area contributed by atoms with Gasteiger partial charge in [-0.25, -0.2) is 4.98 Å². The summed E-state index contributed by atoms with van der Waals surface area (Å²) in [6.45, 7) is -0.0367. The third-order valence-electron chi connectivity index (χ3n) is 3.27. The summed E-state index contributed by atoms with van der Waals surface area (Å²) in [5.41, 5.74) is 0.847. The minimum atomic E-state index is -0.250. The number of carbonyl (C=O) groups excluding carboxylic acids is 1. The molecule has 0 unspecified atom stereocenters. The fraction of sp³-hybridized carbons (Fsp3) is 0.0625. The predicted molar refractivity (Wildman–Crippen MR) is 94.5 cm³/mol. The minimum Gasteiger partial charge on any atom is -0.292 e. The number of Topliss-reactive ketones (excluding diaryl/α,β-unsaturated/α-hetero) is 1. The van der Waals surface area contributed by atoms with E-state index in [-0.39, 0.29) is 17.9 Å². The lowest BCUT2D eigenvalue weighted by Crippen LogP contribution is -2.24. The molecule has 6 heteroatoms. The molecule has 1 heterocycles. The number of ketones is 1. The molecule has 0 N–H and O–H groups in total. The van der Waals surface area contributed by atoms with Crippen LogP contribution in [0.25, 0.3) is 10.9 Å². The SMILES string of the molecule is O=C(Cn1cnc2cc(Cl)ccc2c1=O)c1ccc(I)cc1. The van der Waals surface area contributed by atoms with Gasteiger partial charge in [0.2, 0.25) is 0 Å². The molecule has 0 radical (unpaired) electrons. The first kappa shape index (κ1) is 15.2. The molecule has 0 spiro atoms. The molecule has 0 saturated heterocycles. The van der Waals surface area contributed by atoms with Crippen molar-refractivity contribution in [2.75, 3.05) is 0 Å². The summed E-state index contributed by atoms with van der Waals surface area (Å²) in [5, 5.41) is 0.967. The molecule has 3 rings (SSSR count). The van der Waals surface area contributed by atoms with Crippen LogP contribution in [-0.2, 0) is 6.54 Å². The Labute approximate surface area is 144 Å². The van der Waals surface area contributed by atoms with Gasteiger partial charge < -0.3 is 0 Å². The van der Waals surface area contributed by atoms with Gasteiger partial charge >= 0.3 is 0 Å². The van der Waals surface area contributed by atoms with E-state index < -0.39 is 0 Å². The van der Waals surface area contributed by atoms with Crippen molar-refractivity contribution < 1.29 is 4.79 Å². The van der Waals surface area contributed by atoms with Gasteiger partial charge in [-0.2, -0.15) is 0 Å². The maximum Gasteiger partial charge on any atom is 0.261 e. The van der Waals surface area contributed by atoms with Crippen molar-refractivity contribution in [3.05, 3.63) is 73.3 Å². The Kier molecular flexibility index (Phi) is 4.26. The summed E-state index contributed by atoms with van der Waals surface area (Å²) in [4.78, 5) is 28.8. The Morgan fingerprint density at radius 1 is 1.18 bits per heavy atom. The van der Waals surface area contributed by atoms with Gasteiger partial charge in [-0.05, 0) is 52.9 Å². The molecule has 0 aliphatic rings. The van der Waals surface area contributed by atoms with E-state index in [1.807, 2.05) is 12.1 Å². The summed E-state index contributed by atoms with van der Waals surface area (Å²) in [5.74, 6) is -0.131. The highest BCUT2D eigenvalue weighted by Gasteiger charge is 2.10. The van der Waals surface area contributed by atoms with E-state index >= 15 is 0 Å². The van der Waals surface area contributed by atoms with Crippen LogP contribution in [0.5, 0.6) is 0 Å². The standard InChI is InChI=1S/C16H10ClIN2O2/c17-11-3-6-13-14(7-11)19-9-20(16(13)22)8-15(21)10-1-4-12(18)5-2-10/h1-7,9H,8H2. The summed E-state index contributed by atoms with van der Waals surface area (Å²) >= 11 is 8.06. The minimum absolute atomic E-state index is 0.0367. The number of halogens is 2. The number of rotatable bonds is 3. The molecule has 2 aromatic carbocycles. The molecule has 22 heavy (non-hydrogen) atoms. The fourth-order valence-corrected chi connectivity index (χ4v) is 2.65. The van der Waals surface area contributed by atoms with E-state index in [0.29, 0.717) is 21.5 Å². The van der Waals surface area contributed by atoms with Crippen LogP contribution in [-0.4, -0.2) is 15.3 Å². The maximum absolute atomic E-state index is 12.4. The first-order chi connectivity index (χ1) is 10.5. The van der Waals surface area contributed by atoms with E-state index in [9.17, 15) is 9.59 Å². The average Bonchev–Trinajstić information content (AvgIpc) is 2.50. The highest BCUT2D eigenvalue weighted by molar-refractivity contribution is 14.1. The van der Waals surface area contributed by atoms with Gasteiger partial charge in [0, 0.05) is 14.2 Å². The monoisotopic (exact) mass is 424 g/mol. The van der Waals surface area contributed by atoms with Crippen molar-refractivity contribution in [3.63, 3.8) is 0 Å². The van der Waals surface area contributed by atoms with Gasteiger partial charge in [0.1, 0.15) is 0 Å². The average molecular weight is 425 g/mol. The summed E-state index contributed by atoms with van der Waals surface area (Å²) < 4.78 is 2.37. The molecule has 0 saturated carbocycles. The quantitative estimate of drug-likeness (QED) is 0.477. The number of benzene rings is 2. The molecule has 0 amide bonds. The van der Waals surface area contributed by atoms with Crippen LogP contribution in [0, 0.1) is 3.57 Å².